The molecule has 12 nitrogen and oxygen atoms in total. The first kappa shape index (κ1) is 35.4. The molecule has 8 rings (SSSR count). The summed E-state index contributed by atoms with van der Waals surface area (Å²) < 4.78 is 47.1. The molecule has 0 atom stereocenters. The van der Waals surface area contributed by atoms with Crippen LogP contribution in [0.15, 0.2) is 83.9 Å². The van der Waals surface area contributed by atoms with Gasteiger partial charge in [0.05, 0.1) is 40.2 Å². The first-order chi connectivity index (χ1) is 26.5. The molecule has 1 aliphatic rings. The average molecular weight is 745 g/mol. The van der Waals surface area contributed by atoms with Gasteiger partial charge in [-0.05, 0) is 68.8 Å². The molecule has 1 aliphatic heterocycles. The number of benzene rings is 3. The molecule has 2 N–H and O–H groups in total. The molecule has 1 saturated heterocycles. The van der Waals surface area contributed by atoms with Crippen LogP contribution in [0.2, 0.25) is 0 Å². The van der Waals surface area contributed by atoms with Crippen LogP contribution in [-0.2, 0) is 6.42 Å². The summed E-state index contributed by atoms with van der Waals surface area (Å²) in [4.78, 5) is 46.7. The minimum Gasteiger partial charge on any atom is -0.367 e. The standard InChI is InChI=1S/C40H35F3N10O2/c1-22(2)53-23(3)46-37-31(42)18-25(19-34(37)53)36-32(43)21-45-40(48-36)47-35-11-9-26(20-44-35)51-12-14-52(15-13-51)39(55)29-16-24(8-10-30(29)41)17-33-27-6-4-5-7-28(27)38(54)50-49-33/h4-11,16,18-22H,12-15,17H2,1-3H3,(H,50,54)(H,44,45,47,48). The monoisotopic (exact) mass is 744 g/mol. The number of imidazole rings is 1. The van der Waals surface area contributed by atoms with Crippen molar-refractivity contribution in [2.75, 3.05) is 36.4 Å². The highest BCUT2D eigenvalue weighted by Gasteiger charge is 2.25. The summed E-state index contributed by atoms with van der Waals surface area (Å²) in [5, 5.41) is 10.9. The average Bonchev–Trinajstić information content (AvgIpc) is 3.54. The molecule has 0 bridgehead atoms. The second-order valence-corrected chi connectivity index (χ2v) is 13.7. The molecule has 1 fully saturated rings. The largest absolute Gasteiger partial charge is 0.367 e. The molecule has 55 heavy (non-hydrogen) atoms. The van der Waals surface area contributed by atoms with E-state index in [9.17, 15) is 9.59 Å². The summed E-state index contributed by atoms with van der Waals surface area (Å²) in [5.74, 6) is -1.15. The van der Waals surface area contributed by atoms with E-state index in [2.05, 4.69) is 40.3 Å². The van der Waals surface area contributed by atoms with Crippen LogP contribution in [0.5, 0.6) is 0 Å². The smallest absolute Gasteiger partial charge is 0.272 e. The first-order valence-corrected chi connectivity index (χ1v) is 17.8. The number of hydrogen-bond donors (Lipinski definition) is 2. The molecular weight excluding hydrogens is 710 g/mol. The topological polar surface area (TPSA) is 138 Å². The van der Waals surface area contributed by atoms with Crippen LogP contribution in [-0.4, -0.2) is 71.7 Å². The van der Waals surface area contributed by atoms with Crippen molar-refractivity contribution in [3.63, 3.8) is 0 Å². The lowest BCUT2D eigenvalue weighted by atomic mass is 10.0. The summed E-state index contributed by atoms with van der Waals surface area (Å²) in [6.45, 7) is 7.46. The number of pyridine rings is 1. The quantitative estimate of drug-likeness (QED) is 0.174. The number of nitrogens with zero attached hydrogens (tertiary/aromatic N) is 8. The van der Waals surface area contributed by atoms with E-state index >= 15 is 13.2 Å². The maximum absolute atomic E-state index is 15.1. The SMILES string of the molecule is Cc1nc2c(F)cc(-c3nc(Nc4ccc(N5CCN(C(=O)c6cc(Cc7n[nH]c(=O)c8ccccc78)ccc6F)CC5)cn4)ncc3F)cc2n1C(C)C. The highest BCUT2D eigenvalue weighted by Crippen LogP contribution is 2.31. The van der Waals surface area contributed by atoms with Crippen LogP contribution >= 0.6 is 0 Å². The third kappa shape index (κ3) is 6.84. The lowest BCUT2D eigenvalue weighted by Gasteiger charge is -2.36. The highest BCUT2D eigenvalue weighted by atomic mass is 19.1. The highest BCUT2D eigenvalue weighted by molar-refractivity contribution is 5.95. The molecule has 0 aliphatic carbocycles. The van der Waals surface area contributed by atoms with Crippen molar-refractivity contribution in [2.45, 2.75) is 33.2 Å². The number of fused-ring (bicyclic) bond motifs is 2. The molecule has 0 unspecified atom stereocenters. The van der Waals surface area contributed by atoms with Gasteiger partial charge in [-0.3, -0.25) is 9.59 Å². The Morgan fingerprint density at radius 3 is 2.40 bits per heavy atom. The van der Waals surface area contributed by atoms with Gasteiger partial charge in [-0.2, -0.15) is 5.10 Å². The van der Waals surface area contributed by atoms with Crippen LogP contribution in [0.4, 0.5) is 30.6 Å². The molecular formula is C40H35F3N10O2. The van der Waals surface area contributed by atoms with Gasteiger partial charge in [-0.15, -0.1) is 0 Å². The van der Waals surface area contributed by atoms with Crippen molar-refractivity contribution < 1.29 is 18.0 Å². The molecule has 5 heterocycles. The van der Waals surface area contributed by atoms with Crippen LogP contribution in [0, 0.1) is 24.4 Å². The van der Waals surface area contributed by atoms with E-state index in [1.807, 2.05) is 36.6 Å². The second-order valence-electron chi connectivity index (χ2n) is 13.7. The lowest BCUT2D eigenvalue weighted by Crippen LogP contribution is -2.49. The van der Waals surface area contributed by atoms with Gasteiger partial charge in [0, 0.05) is 49.6 Å². The Kier molecular flexibility index (Phi) is 9.20. The Bertz CT molecular complexity index is 2650. The summed E-state index contributed by atoms with van der Waals surface area (Å²) in [5.41, 5.74) is 2.76. The zero-order valence-corrected chi connectivity index (χ0v) is 30.1. The number of carbonyl (C=O) groups is 1. The van der Waals surface area contributed by atoms with E-state index in [-0.39, 0.29) is 39.9 Å². The molecule has 7 aromatic rings. The van der Waals surface area contributed by atoms with Crippen LogP contribution < -0.4 is 15.8 Å². The number of amides is 1. The number of anilines is 3. The van der Waals surface area contributed by atoms with Crippen molar-refractivity contribution in [2.24, 2.45) is 0 Å². The second kappa shape index (κ2) is 14.3. The van der Waals surface area contributed by atoms with E-state index in [1.54, 1.807) is 54.4 Å². The predicted octanol–water partition coefficient (Wildman–Crippen LogP) is 6.73. The van der Waals surface area contributed by atoms with E-state index in [1.165, 1.54) is 12.1 Å². The number of carbonyl (C=O) groups excluding carboxylic acids is 1. The summed E-state index contributed by atoms with van der Waals surface area (Å²) in [6.07, 6.45) is 3.00. The fourth-order valence-corrected chi connectivity index (χ4v) is 7.13. The van der Waals surface area contributed by atoms with Crippen LogP contribution in [0.3, 0.4) is 0 Å². The first-order valence-electron chi connectivity index (χ1n) is 17.8. The van der Waals surface area contributed by atoms with Crippen molar-refractivity contribution in [1.82, 2.24) is 39.6 Å². The minimum atomic E-state index is -0.704. The Labute approximate surface area is 312 Å². The van der Waals surface area contributed by atoms with Crippen LogP contribution in [0.25, 0.3) is 33.1 Å². The van der Waals surface area contributed by atoms with Gasteiger partial charge in [-0.1, -0.05) is 24.3 Å². The third-order valence-corrected chi connectivity index (χ3v) is 9.79. The zero-order chi connectivity index (χ0) is 38.4. The van der Waals surface area contributed by atoms with E-state index in [4.69, 9.17) is 0 Å². The molecule has 1 amide bonds. The number of rotatable bonds is 8. The van der Waals surface area contributed by atoms with E-state index in [0.29, 0.717) is 71.8 Å². The Hall–Kier alpha value is -6.64. The number of aromatic amines is 1. The number of halogens is 3. The van der Waals surface area contributed by atoms with Crippen molar-refractivity contribution in [3.8, 4) is 11.3 Å². The summed E-state index contributed by atoms with van der Waals surface area (Å²) >= 11 is 0. The van der Waals surface area contributed by atoms with Gasteiger partial charge in [0.2, 0.25) is 5.95 Å². The summed E-state index contributed by atoms with van der Waals surface area (Å²) in [7, 11) is 0. The molecule has 15 heteroatoms. The normalized spacial score (nSPS) is 13.3. The fourth-order valence-electron chi connectivity index (χ4n) is 7.13. The zero-order valence-electron chi connectivity index (χ0n) is 30.1. The number of nitrogens with one attached hydrogen (secondary N) is 2. The number of hydrogen-bond acceptors (Lipinski definition) is 9. The third-order valence-electron chi connectivity index (χ3n) is 9.79. The van der Waals surface area contributed by atoms with E-state index < -0.39 is 23.4 Å². The molecule has 0 spiro atoms. The van der Waals surface area contributed by atoms with Gasteiger partial charge in [0.25, 0.3) is 11.5 Å². The molecule has 278 valence electrons. The Morgan fingerprint density at radius 2 is 1.65 bits per heavy atom. The van der Waals surface area contributed by atoms with Gasteiger partial charge in [0.1, 0.15) is 28.7 Å². The Morgan fingerprint density at radius 1 is 0.873 bits per heavy atom. The number of H-pyrrole nitrogens is 1. The molecule has 0 saturated carbocycles. The van der Waals surface area contributed by atoms with E-state index in [0.717, 1.165) is 11.9 Å². The molecule has 0 radical (unpaired) electrons. The fraction of sp³-hybridized carbons (Fsp3) is 0.225. The molecule has 3 aromatic carbocycles. The maximum Gasteiger partial charge on any atom is 0.272 e. The van der Waals surface area contributed by atoms with Crippen LogP contribution in [0.1, 0.15) is 47.3 Å². The maximum atomic E-state index is 15.1. The van der Waals surface area contributed by atoms with Crippen molar-refractivity contribution in [1.29, 1.82) is 0 Å². The van der Waals surface area contributed by atoms with Crippen molar-refractivity contribution in [3.05, 3.63) is 130 Å². The van der Waals surface area contributed by atoms with Gasteiger partial charge in [0.15, 0.2) is 11.6 Å². The Balaban J connectivity index is 0.924. The van der Waals surface area contributed by atoms with Crippen molar-refractivity contribution >= 4 is 45.2 Å². The summed E-state index contributed by atoms with van der Waals surface area (Å²) in [6, 6.07) is 18.1. The molecule has 4 aromatic heterocycles. The van der Waals surface area contributed by atoms with Gasteiger partial charge >= 0.3 is 0 Å². The number of aromatic nitrogens is 7. The predicted molar refractivity (Wildman–Crippen MR) is 203 cm³/mol. The lowest BCUT2D eigenvalue weighted by molar-refractivity contribution is 0.0742. The minimum absolute atomic E-state index is 0.0154. The number of aryl methyl sites for hydroxylation is 1. The van der Waals surface area contributed by atoms with Gasteiger partial charge < -0.3 is 19.7 Å². The number of piperazine rings is 1. The van der Waals surface area contributed by atoms with Gasteiger partial charge in [-0.25, -0.2) is 38.2 Å².